The van der Waals surface area contributed by atoms with Gasteiger partial charge in [-0.3, -0.25) is 19.8 Å². The minimum atomic E-state index is -5.29. The molecule has 0 unspecified atom stereocenters. The molecule has 1 aliphatic heterocycles. The Morgan fingerprint density at radius 3 is 2.29 bits per heavy atom. The molecular weight excluding hydrogens is 399 g/mol. The summed E-state index contributed by atoms with van der Waals surface area (Å²) >= 11 is 5.84. The van der Waals surface area contributed by atoms with Crippen molar-refractivity contribution in [3.8, 4) is 0 Å². The zero-order valence-corrected chi connectivity index (χ0v) is 14.8. The van der Waals surface area contributed by atoms with Crippen LogP contribution < -0.4 is 10.6 Å². The summed E-state index contributed by atoms with van der Waals surface area (Å²) in [5.41, 5.74) is -3.41. The van der Waals surface area contributed by atoms with Crippen LogP contribution >= 0.6 is 11.6 Å². The summed E-state index contributed by atoms with van der Waals surface area (Å²) < 4.78 is 41.5. The molecule has 10 heteroatoms. The number of urea groups is 1. The molecule has 1 saturated heterocycles. The second-order valence-electron chi connectivity index (χ2n) is 5.99. The highest BCUT2D eigenvalue weighted by atomic mass is 35.5. The van der Waals surface area contributed by atoms with Crippen molar-refractivity contribution in [1.82, 2.24) is 15.5 Å². The predicted molar refractivity (Wildman–Crippen MR) is 93.2 cm³/mol. The van der Waals surface area contributed by atoms with Gasteiger partial charge in [-0.05, 0) is 17.7 Å². The van der Waals surface area contributed by atoms with E-state index < -0.39 is 29.7 Å². The van der Waals surface area contributed by atoms with Crippen LogP contribution in [0.15, 0.2) is 54.6 Å². The maximum absolute atomic E-state index is 13.8. The van der Waals surface area contributed by atoms with Gasteiger partial charge in [-0.2, -0.15) is 13.2 Å². The Bertz CT molecular complexity index is 936. The van der Waals surface area contributed by atoms with Gasteiger partial charge in [-0.25, -0.2) is 4.79 Å². The van der Waals surface area contributed by atoms with Gasteiger partial charge < -0.3 is 5.32 Å². The van der Waals surface area contributed by atoms with Crippen molar-refractivity contribution < 1.29 is 27.6 Å². The van der Waals surface area contributed by atoms with E-state index in [1.807, 2.05) is 0 Å². The van der Waals surface area contributed by atoms with Crippen LogP contribution in [0.1, 0.15) is 15.9 Å². The molecule has 6 nitrogen and oxygen atoms in total. The Kier molecular flexibility index (Phi) is 5.03. The van der Waals surface area contributed by atoms with Gasteiger partial charge in [0.25, 0.3) is 17.5 Å². The van der Waals surface area contributed by atoms with Gasteiger partial charge in [0, 0.05) is 0 Å². The third kappa shape index (κ3) is 3.40. The van der Waals surface area contributed by atoms with E-state index in [1.165, 1.54) is 24.3 Å². The highest BCUT2D eigenvalue weighted by molar-refractivity contribution is 6.34. The molecule has 0 aliphatic carbocycles. The highest BCUT2D eigenvalue weighted by Gasteiger charge is 2.68. The van der Waals surface area contributed by atoms with Crippen molar-refractivity contribution in [1.29, 1.82) is 0 Å². The molecule has 2 aromatic rings. The smallest absolute Gasteiger partial charge is 0.314 e. The maximum Gasteiger partial charge on any atom is 0.440 e. The average molecular weight is 412 g/mol. The minimum absolute atomic E-state index is 0.102. The van der Waals surface area contributed by atoms with Gasteiger partial charge in [0.15, 0.2) is 0 Å². The summed E-state index contributed by atoms with van der Waals surface area (Å²) in [6.45, 7) is -0.384. The molecular formula is C18H13ClF3N3O3. The van der Waals surface area contributed by atoms with Gasteiger partial charge >= 0.3 is 12.2 Å². The summed E-state index contributed by atoms with van der Waals surface area (Å²) in [7, 11) is 0. The molecule has 1 atom stereocenters. The molecule has 4 amide bonds. The number of halogens is 4. The third-order valence-corrected chi connectivity index (χ3v) is 4.46. The van der Waals surface area contributed by atoms with Crippen LogP contribution in [-0.2, 0) is 11.3 Å². The lowest BCUT2D eigenvalue weighted by Crippen LogP contribution is -2.69. The van der Waals surface area contributed by atoms with E-state index in [1.54, 1.807) is 41.0 Å². The van der Waals surface area contributed by atoms with Crippen LogP contribution in [0.3, 0.4) is 0 Å². The topological polar surface area (TPSA) is 78.5 Å². The molecule has 0 bridgehead atoms. The first-order valence-corrected chi connectivity index (χ1v) is 8.35. The Balaban J connectivity index is 1.94. The average Bonchev–Trinajstić information content (AvgIpc) is 2.88. The summed E-state index contributed by atoms with van der Waals surface area (Å²) in [5, 5.41) is 3.10. The Morgan fingerprint density at radius 2 is 1.68 bits per heavy atom. The molecule has 28 heavy (non-hydrogen) atoms. The number of imide groups is 1. The van der Waals surface area contributed by atoms with Crippen molar-refractivity contribution in [3.05, 3.63) is 70.7 Å². The largest absolute Gasteiger partial charge is 0.440 e. The van der Waals surface area contributed by atoms with Crippen LogP contribution in [0.4, 0.5) is 18.0 Å². The second kappa shape index (κ2) is 7.16. The molecule has 0 radical (unpaired) electrons. The quantitative estimate of drug-likeness (QED) is 0.759. The summed E-state index contributed by atoms with van der Waals surface area (Å²) in [6, 6.07) is 12.1. The number of rotatable bonds is 4. The first-order chi connectivity index (χ1) is 13.2. The van der Waals surface area contributed by atoms with E-state index in [4.69, 9.17) is 11.6 Å². The number of carbonyl (C=O) groups is 3. The molecule has 0 spiro atoms. The zero-order chi connectivity index (χ0) is 20.5. The maximum atomic E-state index is 13.8. The number of amides is 4. The first-order valence-electron chi connectivity index (χ1n) is 7.97. The molecule has 1 aliphatic rings. The molecule has 146 valence electrons. The van der Waals surface area contributed by atoms with Crippen LogP contribution in [0.25, 0.3) is 0 Å². The van der Waals surface area contributed by atoms with E-state index in [-0.39, 0.29) is 17.1 Å². The van der Waals surface area contributed by atoms with Crippen LogP contribution in [0.2, 0.25) is 5.02 Å². The van der Waals surface area contributed by atoms with E-state index >= 15 is 0 Å². The van der Waals surface area contributed by atoms with E-state index in [0.29, 0.717) is 10.5 Å². The van der Waals surface area contributed by atoms with Crippen molar-refractivity contribution >= 4 is 29.4 Å². The van der Waals surface area contributed by atoms with E-state index in [9.17, 15) is 27.6 Å². The van der Waals surface area contributed by atoms with E-state index in [2.05, 4.69) is 0 Å². The van der Waals surface area contributed by atoms with Crippen molar-refractivity contribution in [2.24, 2.45) is 0 Å². The standard InChI is InChI=1S/C18H13ClF3N3O3/c19-13-9-5-4-8-12(13)14(26)23-17(18(20,21)22)15(27)25(16(28)24-17)10-11-6-2-1-3-7-11/h1-9H,10H2,(H,23,26)(H,24,28)/t17-/m0/s1. The summed E-state index contributed by atoms with van der Waals surface area (Å²) in [5.74, 6) is -2.88. The fourth-order valence-corrected chi connectivity index (χ4v) is 2.94. The number of alkyl halides is 3. The fourth-order valence-electron chi connectivity index (χ4n) is 2.72. The predicted octanol–water partition coefficient (Wildman–Crippen LogP) is 3.08. The number of hydrogen-bond acceptors (Lipinski definition) is 3. The third-order valence-electron chi connectivity index (χ3n) is 4.13. The Morgan fingerprint density at radius 1 is 1.07 bits per heavy atom. The SMILES string of the molecule is O=C(N[C@]1(C(F)(F)F)NC(=O)N(Cc2ccccc2)C1=O)c1ccccc1Cl. The second-order valence-corrected chi connectivity index (χ2v) is 6.40. The monoisotopic (exact) mass is 411 g/mol. The number of nitrogens with one attached hydrogen (secondary N) is 2. The van der Waals surface area contributed by atoms with E-state index in [0.717, 1.165) is 0 Å². The van der Waals surface area contributed by atoms with Gasteiger partial charge in [0.2, 0.25) is 0 Å². The van der Waals surface area contributed by atoms with Gasteiger partial charge in [0.1, 0.15) is 0 Å². The molecule has 2 N–H and O–H groups in total. The minimum Gasteiger partial charge on any atom is -0.314 e. The van der Waals surface area contributed by atoms with Crippen molar-refractivity contribution in [3.63, 3.8) is 0 Å². The normalized spacial score (nSPS) is 19.5. The molecule has 0 saturated carbocycles. The van der Waals surface area contributed by atoms with Gasteiger partial charge in [0.05, 0.1) is 17.1 Å². The lowest BCUT2D eigenvalue weighted by atomic mass is 10.1. The zero-order valence-electron chi connectivity index (χ0n) is 14.1. The molecule has 0 aromatic heterocycles. The lowest BCUT2D eigenvalue weighted by Gasteiger charge is -2.30. The van der Waals surface area contributed by atoms with Gasteiger partial charge in [-0.1, -0.05) is 54.1 Å². The van der Waals surface area contributed by atoms with Crippen molar-refractivity contribution in [2.75, 3.05) is 0 Å². The van der Waals surface area contributed by atoms with Crippen LogP contribution in [0, 0.1) is 0 Å². The van der Waals surface area contributed by atoms with Crippen molar-refractivity contribution in [2.45, 2.75) is 18.4 Å². The van der Waals surface area contributed by atoms with Crippen LogP contribution in [-0.4, -0.2) is 34.6 Å². The fraction of sp³-hybridized carbons (Fsp3) is 0.167. The first kappa shape index (κ1) is 19.7. The molecule has 2 aromatic carbocycles. The number of nitrogens with zero attached hydrogens (tertiary/aromatic N) is 1. The molecule has 1 heterocycles. The molecule has 1 fully saturated rings. The summed E-state index contributed by atoms with van der Waals surface area (Å²) in [6.07, 6.45) is -5.29. The van der Waals surface area contributed by atoms with Crippen LogP contribution in [0.5, 0.6) is 0 Å². The highest BCUT2D eigenvalue weighted by Crippen LogP contribution is 2.35. The Hall–Kier alpha value is -3.07. The molecule has 3 rings (SSSR count). The number of carbonyl (C=O) groups excluding carboxylic acids is 3. The number of hydrogen-bond donors (Lipinski definition) is 2. The van der Waals surface area contributed by atoms with Gasteiger partial charge in [-0.15, -0.1) is 0 Å². The Labute approximate surface area is 162 Å². The lowest BCUT2D eigenvalue weighted by molar-refractivity contribution is -0.200. The number of benzene rings is 2. The summed E-state index contributed by atoms with van der Waals surface area (Å²) in [4.78, 5) is 37.5.